The lowest BCUT2D eigenvalue weighted by molar-refractivity contribution is 0.173. The van der Waals surface area contributed by atoms with E-state index in [4.69, 9.17) is 14.2 Å². The van der Waals surface area contributed by atoms with E-state index in [0.717, 1.165) is 42.7 Å². The first-order chi connectivity index (χ1) is 13.3. The van der Waals surface area contributed by atoms with E-state index in [2.05, 4.69) is 45.5 Å². The SMILES string of the molecule is CN=C(NCCOc1ccc2c(c1)OCO2)N1CCC(c2ccccc2)C1. The van der Waals surface area contributed by atoms with Gasteiger partial charge in [0, 0.05) is 32.1 Å². The second kappa shape index (κ2) is 8.20. The van der Waals surface area contributed by atoms with Crippen LogP contribution in [0.5, 0.6) is 17.2 Å². The minimum Gasteiger partial charge on any atom is -0.492 e. The van der Waals surface area contributed by atoms with E-state index in [-0.39, 0.29) is 6.79 Å². The number of benzene rings is 2. The van der Waals surface area contributed by atoms with E-state index in [9.17, 15) is 0 Å². The fourth-order valence-electron chi connectivity index (χ4n) is 3.58. The Bertz CT molecular complexity index is 795. The third-order valence-corrected chi connectivity index (χ3v) is 4.97. The quantitative estimate of drug-likeness (QED) is 0.500. The van der Waals surface area contributed by atoms with E-state index >= 15 is 0 Å². The average Bonchev–Trinajstić information content (AvgIpc) is 3.38. The van der Waals surface area contributed by atoms with E-state index in [1.807, 2.05) is 25.2 Å². The predicted octanol–water partition coefficient (Wildman–Crippen LogP) is 2.86. The molecule has 142 valence electrons. The monoisotopic (exact) mass is 367 g/mol. The molecule has 4 rings (SSSR count). The summed E-state index contributed by atoms with van der Waals surface area (Å²) in [6.45, 7) is 3.52. The number of likely N-dealkylation sites (tertiary alicyclic amines) is 1. The fraction of sp³-hybridized carbons (Fsp3) is 0.381. The average molecular weight is 367 g/mol. The van der Waals surface area contributed by atoms with Crippen LogP contribution >= 0.6 is 0 Å². The Hall–Kier alpha value is -2.89. The lowest BCUT2D eigenvalue weighted by Gasteiger charge is -2.22. The maximum Gasteiger partial charge on any atom is 0.231 e. The van der Waals surface area contributed by atoms with Crippen molar-refractivity contribution in [3.8, 4) is 17.2 Å². The van der Waals surface area contributed by atoms with Gasteiger partial charge in [-0.15, -0.1) is 0 Å². The number of hydrogen-bond donors (Lipinski definition) is 1. The van der Waals surface area contributed by atoms with E-state index in [0.29, 0.717) is 19.1 Å². The molecule has 1 fully saturated rings. The first-order valence-corrected chi connectivity index (χ1v) is 9.36. The Labute approximate surface area is 159 Å². The molecule has 1 N–H and O–H groups in total. The van der Waals surface area contributed by atoms with Crippen molar-refractivity contribution in [3.63, 3.8) is 0 Å². The Kier molecular flexibility index (Phi) is 5.32. The Morgan fingerprint density at radius 3 is 2.89 bits per heavy atom. The number of guanidine groups is 1. The Morgan fingerprint density at radius 2 is 2.04 bits per heavy atom. The molecule has 2 aliphatic heterocycles. The Morgan fingerprint density at radius 1 is 1.19 bits per heavy atom. The molecule has 0 aliphatic carbocycles. The summed E-state index contributed by atoms with van der Waals surface area (Å²) in [5.74, 6) is 3.78. The fourth-order valence-corrected chi connectivity index (χ4v) is 3.58. The van der Waals surface area contributed by atoms with Crippen LogP contribution in [-0.4, -0.2) is 50.9 Å². The summed E-state index contributed by atoms with van der Waals surface area (Å²) in [6, 6.07) is 16.3. The van der Waals surface area contributed by atoms with Gasteiger partial charge in [-0.2, -0.15) is 0 Å². The van der Waals surface area contributed by atoms with Gasteiger partial charge in [-0.3, -0.25) is 4.99 Å². The van der Waals surface area contributed by atoms with Gasteiger partial charge in [0.25, 0.3) is 0 Å². The second-order valence-corrected chi connectivity index (χ2v) is 6.68. The molecule has 1 unspecified atom stereocenters. The van der Waals surface area contributed by atoms with Crippen LogP contribution in [0.2, 0.25) is 0 Å². The number of nitrogens with zero attached hydrogens (tertiary/aromatic N) is 2. The zero-order chi connectivity index (χ0) is 18.5. The molecular weight excluding hydrogens is 342 g/mol. The zero-order valence-corrected chi connectivity index (χ0v) is 15.6. The molecule has 2 heterocycles. The van der Waals surface area contributed by atoms with Crippen LogP contribution in [0.4, 0.5) is 0 Å². The standard InChI is InChI=1S/C21H25N3O3/c1-22-21(24-11-9-17(14-24)16-5-3-2-4-6-16)23-10-12-25-18-7-8-19-20(13-18)27-15-26-19/h2-8,13,17H,9-12,14-15H2,1H3,(H,22,23). The molecule has 6 heteroatoms. The molecule has 0 spiro atoms. The summed E-state index contributed by atoms with van der Waals surface area (Å²) < 4.78 is 16.5. The summed E-state index contributed by atoms with van der Waals surface area (Å²) in [4.78, 5) is 6.75. The van der Waals surface area contributed by atoms with Crippen LogP contribution in [0.3, 0.4) is 0 Å². The van der Waals surface area contributed by atoms with Gasteiger partial charge < -0.3 is 24.4 Å². The summed E-state index contributed by atoms with van der Waals surface area (Å²) in [5, 5.41) is 3.40. The molecule has 1 saturated heterocycles. The smallest absolute Gasteiger partial charge is 0.231 e. The molecule has 0 saturated carbocycles. The topological polar surface area (TPSA) is 55.3 Å². The number of aliphatic imine (C=N–C) groups is 1. The van der Waals surface area contributed by atoms with Crippen molar-refractivity contribution < 1.29 is 14.2 Å². The molecule has 0 aromatic heterocycles. The number of ether oxygens (including phenoxy) is 3. The van der Waals surface area contributed by atoms with Gasteiger partial charge in [0.05, 0.1) is 6.54 Å². The second-order valence-electron chi connectivity index (χ2n) is 6.68. The third kappa shape index (κ3) is 4.10. The van der Waals surface area contributed by atoms with Gasteiger partial charge in [-0.05, 0) is 24.1 Å². The van der Waals surface area contributed by atoms with Crippen molar-refractivity contribution in [3.05, 3.63) is 54.1 Å². The van der Waals surface area contributed by atoms with E-state index in [1.165, 1.54) is 5.56 Å². The molecule has 0 amide bonds. The molecule has 2 aliphatic rings. The molecule has 0 bridgehead atoms. The largest absolute Gasteiger partial charge is 0.492 e. The molecule has 1 atom stereocenters. The molecule has 27 heavy (non-hydrogen) atoms. The third-order valence-electron chi connectivity index (χ3n) is 4.97. The maximum atomic E-state index is 5.81. The summed E-state index contributed by atoms with van der Waals surface area (Å²) in [7, 11) is 1.83. The van der Waals surface area contributed by atoms with Crippen molar-refractivity contribution in [2.45, 2.75) is 12.3 Å². The highest BCUT2D eigenvalue weighted by molar-refractivity contribution is 5.80. The van der Waals surface area contributed by atoms with E-state index < -0.39 is 0 Å². The molecule has 6 nitrogen and oxygen atoms in total. The lowest BCUT2D eigenvalue weighted by Crippen LogP contribution is -2.41. The number of nitrogens with one attached hydrogen (secondary N) is 1. The van der Waals surface area contributed by atoms with Crippen molar-refractivity contribution in [2.24, 2.45) is 4.99 Å². The molecular formula is C21H25N3O3. The molecule has 2 aromatic carbocycles. The first-order valence-electron chi connectivity index (χ1n) is 9.36. The van der Waals surface area contributed by atoms with Crippen molar-refractivity contribution in [2.75, 3.05) is 40.1 Å². The number of hydrogen-bond acceptors (Lipinski definition) is 4. The van der Waals surface area contributed by atoms with Crippen LogP contribution in [0.25, 0.3) is 0 Å². The van der Waals surface area contributed by atoms with Gasteiger partial charge >= 0.3 is 0 Å². The Balaban J connectivity index is 1.24. The summed E-state index contributed by atoms with van der Waals surface area (Å²) in [6.07, 6.45) is 1.15. The number of rotatable bonds is 5. The van der Waals surface area contributed by atoms with Crippen molar-refractivity contribution in [1.29, 1.82) is 0 Å². The van der Waals surface area contributed by atoms with Crippen LogP contribution in [0, 0.1) is 0 Å². The van der Waals surface area contributed by atoms with Gasteiger partial charge in [-0.25, -0.2) is 0 Å². The lowest BCUT2D eigenvalue weighted by atomic mass is 9.99. The van der Waals surface area contributed by atoms with Crippen LogP contribution in [0.15, 0.2) is 53.5 Å². The highest BCUT2D eigenvalue weighted by Gasteiger charge is 2.25. The molecule has 2 aromatic rings. The number of fused-ring (bicyclic) bond motifs is 1. The molecule has 0 radical (unpaired) electrons. The zero-order valence-electron chi connectivity index (χ0n) is 15.6. The van der Waals surface area contributed by atoms with Crippen LogP contribution in [-0.2, 0) is 0 Å². The van der Waals surface area contributed by atoms with Crippen molar-refractivity contribution in [1.82, 2.24) is 10.2 Å². The van der Waals surface area contributed by atoms with Crippen LogP contribution < -0.4 is 19.5 Å². The normalized spacial score (nSPS) is 18.6. The van der Waals surface area contributed by atoms with Gasteiger partial charge in [-0.1, -0.05) is 30.3 Å². The minimum absolute atomic E-state index is 0.274. The minimum atomic E-state index is 0.274. The predicted molar refractivity (Wildman–Crippen MR) is 105 cm³/mol. The highest BCUT2D eigenvalue weighted by atomic mass is 16.7. The van der Waals surface area contributed by atoms with Crippen LogP contribution in [0.1, 0.15) is 17.9 Å². The summed E-state index contributed by atoms with van der Waals surface area (Å²) in [5.41, 5.74) is 1.40. The van der Waals surface area contributed by atoms with E-state index in [1.54, 1.807) is 0 Å². The van der Waals surface area contributed by atoms with Crippen molar-refractivity contribution >= 4 is 5.96 Å². The maximum absolute atomic E-state index is 5.81. The van der Waals surface area contributed by atoms with Gasteiger partial charge in [0.2, 0.25) is 6.79 Å². The first kappa shape index (κ1) is 17.5. The highest BCUT2D eigenvalue weighted by Crippen LogP contribution is 2.35. The van der Waals surface area contributed by atoms with Gasteiger partial charge in [0.1, 0.15) is 12.4 Å². The van der Waals surface area contributed by atoms with Gasteiger partial charge in [0.15, 0.2) is 17.5 Å². The summed E-state index contributed by atoms with van der Waals surface area (Å²) >= 11 is 0.